The third-order valence-electron chi connectivity index (χ3n) is 4.37. The van der Waals surface area contributed by atoms with Crippen molar-refractivity contribution in [3.8, 4) is 5.75 Å². The number of amides is 1. The van der Waals surface area contributed by atoms with Crippen LogP contribution in [0.4, 0.5) is 11.4 Å². The highest BCUT2D eigenvalue weighted by molar-refractivity contribution is 6.06. The number of benzene rings is 1. The third-order valence-corrected chi connectivity index (χ3v) is 4.37. The summed E-state index contributed by atoms with van der Waals surface area (Å²) in [5.74, 6) is 0.260. The van der Waals surface area contributed by atoms with E-state index in [-0.39, 0.29) is 17.5 Å². The summed E-state index contributed by atoms with van der Waals surface area (Å²) >= 11 is 0. The van der Waals surface area contributed by atoms with Gasteiger partial charge in [-0.2, -0.15) is 5.10 Å². The van der Waals surface area contributed by atoms with Gasteiger partial charge in [0.15, 0.2) is 0 Å². The van der Waals surface area contributed by atoms with Gasteiger partial charge < -0.3 is 19.7 Å². The summed E-state index contributed by atoms with van der Waals surface area (Å²) in [6.07, 6.45) is 1.53. The highest BCUT2D eigenvalue weighted by atomic mass is 16.5. The predicted octanol–water partition coefficient (Wildman–Crippen LogP) is 1.92. The van der Waals surface area contributed by atoms with E-state index >= 15 is 0 Å². The van der Waals surface area contributed by atoms with Crippen molar-refractivity contribution in [1.29, 1.82) is 0 Å². The van der Waals surface area contributed by atoms with Crippen LogP contribution in [0.25, 0.3) is 0 Å². The first-order valence-electron chi connectivity index (χ1n) is 8.91. The Hall–Kier alpha value is -2.87. The minimum Gasteiger partial charge on any atom is -0.497 e. The number of morpholine rings is 1. The van der Waals surface area contributed by atoms with Gasteiger partial charge in [-0.15, -0.1) is 0 Å². The van der Waals surface area contributed by atoms with E-state index in [1.54, 1.807) is 31.4 Å². The van der Waals surface area contributed by atoms with Crippen molar-refractivity contribution in [2.45, 2.75) is 19.9 Å². The van der Waals surface area contributed by atoms with Crippen molar-refractivity contribution in [3.63, 3.8) is 0 Å². The Labute approximate surface area is 157 Å². The summed E-state index contributed by atoms with van der Waals surface area (Å²) in [5.41, 5.74) is 1.05. The molecule has 0 spiro atoms. The molecule has 0 bridgehead atoms. The molecule has 1 aliphatic rings. The van der Waals surface area contributed by atoms with Gasteiger partial charge in [-0.1, -0.05) is 6.07 Å². The number of hydrogen-bond acceptors (Lipinski definition) is 6. The van der Waals surface area contributed by atoms with E-state index in [2.05, 4.69) is 10.4 Å². The molecule has 1 aromatic carbocycles. The summed E-state index contributed by atoms with van der Waals surface area (Å²) in [6, 6.07) is 6.76. The number of anilines is 2. The SMILES string of the molecule is COc1cccc(C(=O)Nc2cnn(C(C)C)c(=O)c2N2CCOCC2)c1. The molecule has 8 nitrogen and oxygen atoms in total. The number of nitrogens with one attached hydrogen (secondary N) is 1. The molecular weight excluding hydrogens is 348 g/mol. The Kier molecular flexibility index (Phi) is 5.75. The molecule has 2 heterocycles. The molecule has 0 atom stereocenters. The number of carbonyl (C=O) groups is 1. The van der Waals surface area contributed by atoms with E-state index in [1.165, 1.54) is 10.9 Å². The molecule has 144 valence electrons. The van der Waals surface area contributed by atoms with Crippen LogP contribution in [-0.4, -0.2) is 49.1 Å². The summed E-state index contributed by atoms with van der Waals surface area (Å²) in [7, 11) is 1.54. The van der Waals surface area contributed by atoms with Gasteiger partial charge in [0.25, 0.3) is 11.5 Å². The van der Waals surface area contributed by atoms with Gasteiger partial charge in [-0.05, 0) is 32.0 Å². The fourth-order valence-corrected chi connectivity index (χ4v) is 2.97. The van der Waals surface area contributed by atoms with Gasteiger partial charge in [0.05, 0.1) is 38.2 Å². The van der Waals surface area contributed by atoms with Crippen molar-refractivity contribution >= 4 is 17.3 Å². The van der Waals surface area contributed by atoms with Crippen LogP contribution in [0, 0.1) is 0 Å². The lowest BCUT2D eigenvalue weighted by Crippen LogP contribution is -2.42. The molecule has 1 amide bonds. The Morgan fingerprint density at radius 2 is 2.04 bits per heavy atom. The molecule has 2 aromatic rings. The van der Waals surface area contributed by atoms with Crippen LogP contribution in [0.5, 0.6) is 5.75 Å². The molecule has 0 saturated carbocycles. The smallest absolute Gasteiger partial charge is 0.292 e. The lowest BCUT2D eigenvalue weighted by atomic mass is 10.2. The monoisotopic (exact) mass is 372 g/mol. The average Bonchev–Trinajstić information content (AvgIpc) is 2.68. The zero-order chi connectivity index (χ0) is 19.4. The summed E-state index contributed by atoms with van der Waals surface area (Å²) in [6.45, 7) is 6.02. The van der Waals surface area contributed by atoms with Crippen LogP contribution >= 0.6 is 0 Å². The van der Waals surface area contributed by atoms with Crippen LogP contribution in [0.2, 0.25) is 0 Å². The summed E-state index contributed by atoms with van der Waals surface area (Å²) < 4.78 is 12.0. The maximum atomic E-state index is 13.0. The van der Waals surface area contributed by atoms with Crippen LogP contribution in [0.1, 0.15) is 30.2 Å². The van der Waals surface area contributed by atoms with E-state index in [0.29, 0.717) is 49.0 Å². The normalized spacial score (nSPS) is 14.3. The lowest BCUT2D eigenvalue weighted by molar-refractivity contribution is 0.102. The molecule has 8 heteroatoms. The molecule has 1 aliphatic heterocycles. The van der Waals surface area contributed by atoms with Gasteiger partial charge in [0.2, 0.25) is 0 Å². The third kappa shape index (κ3) is 4.11. The molecule has 3 rings (SSSR count). The van der Waals surface area contributed by atoms with E-state index < -0.39 is 0 Å². The van der Waals surface area contributed by atoms with Crippen LogP contribution in [-0.2, 0) is 4.74 Å². The number of methoxy groups -OCH3 is 1. The highest BCUT2D eigenvalue weighted by Gasteiger charge is 2.22. The van der Waals surface area contributed by atoms with Gasteiger partial charge in [-0.3, -0.25) is 9.59 Å². The van der Waals surface area contributed by atoms with Gasteiger partial charge in [-0.25, -0.2) is 4.68 Å². The molecule has 1 aromatic heterocycles. The number of carbonyl (C=O) groups excluding carboxylic acids is 1. The molecule has 1 saturated heterocycles. The second-order valence-corrected chi connectivity index (χ2v) is 6.54. The maximum Gasteiger partial charge on any atom is 0.292 e. The first-order valence-corrected chi connectivity index (χ1v) is 8.91. The molecule has 1 N–H and O–H groups in total. The molecule has 0 unspecified atom stereocenters. The molecule has 27 heavy (non-hydrogen) atoms. The Balaban J connectivity index is 1.97. The zero-order valence-corrected chi connectivity index (χ0v) is 15.8. The molecular formula is C19H24N4O4. The quantitative estimate of drug-likeness (QED) is 0.863. The first kappa shape index (κ1) is 18.9. The van der Waals surface area contributed by atoms with E-state index in [4.69, 9.17) is 9.47 Å². The minimum absolute atomic E-state index is 0.0829. The number of ether oxygens (including phenoxy) is 2. The average molecular weight is 372 g/mol. The topological polar surface area (TPSA) is 85.7 Å². The highest BCUT2D eigenvalue weighted by Crippen LogP contribution is 2.23. The molecule has 1 fully saturated rings. The van der Waals surface area contributed by atoms with Crippen molar-refractivity contribution in [2.24, 2.45) is 0 Å². The molecule has 0 radical (unpaired) electrons. The van der Waals surface area contributed by atoms with E-state index in [0.717, 1.165) is 0 Å². The van der Waals surface area contributed by atoms with E-state index in [1.807, 2.05) is 18.7 Å². The maximum absolute atomic E-state index is 13.0. The zero-order valence-electron chi connectivity index (χ0n) is 15.8. The summed E-state index contributed by atoms with van der Waals surface area (Å²) in [4.78, 5) is 27.6. The van der Waals surface area contributed by atoms with Crippen LogP contribution in [0.3, 0.4) is 0 Å². The largest absolute Gasteiger partial charge is 0.497 e. The number of nitrogens with zero attached hydrogens (tertiary/aromatic N) is 3. The van der Waals surface area contributed by atoms with Crippen LogP contribution in [0.15, 0.2) is 35.3 Å². The minimum atomic E-state index is -0.327. The second-order valence-electron chi connectivity index (χ2n) is 6.54. The van der Waals surface area contributed by atoms with Gasteiger partial charge >= 0.3 is 0 Å². The summed E-state index contributed by atoms with van der Waals surface area (Å²) in [5, 5.41) is 7.05. The predicted molar refractivity (Wildman–Crippen MR) is 103 cm³/mol. The Morgan fingerprint density at radius 1 is 1.30 bits per heavy atom. The van der Waals surface area contributed by atoms with Crippen molar-refractivity contribution in [2.75, 3.05) is 43.6 Å². The van der Waals surface area contributed by atoms with Gasteiger partial charge in [0, 0.05) is 18.7 Å². The fraction of sp³-hybridized carbons (Fsp3) is 0.421. The Bertz CT molecular complexity index is 872. The van der Waals surface area contributed by atoms with Gasteiger partial charge in [0.1, 0.15) is 11.4 Å². The number of rotatable bonds is 5. The number of aromatic nitrogens is 2. The Morgan fingerprint density at radius 3 is 2.70 bits per heavy atom. The first-order chi connectivity index (χ1) is 13.0. The second kappa shape index (κ2) is 8.22. The number of hydrogen-bond donors (Lipinski definition) is 1. The van der Waals surface area contributed by atoms with E-state index in [9.17, 15) is 9.59 Å². The fourth-order valence-electron chi connectivity index (χ4n) is 2.97. The van der Waals surface area contributed by atoms with Crippen LogP contribution < -0.4 is 20.5 Å². The van der Waals surface area contributed by atoms with Crippen molar-refractivity contribution in [3.05, 3.63) is 46.4 Å². The lowest BCUT2D eigenvalue weighted by Gasteiger charge is -2.30. The van der Waals surface area contributed by atoms with Crippen molar-refractivity contribution < 1.29 is 14.3 Å². The standard InChI is InChI=1S/C19H24N4O4/c1-13(2)23-19(25)17(22-7-9-27-10-8-22)16(12-20-23)21-18(24)14-5-4-6-15(11-14)26-3/h4-6,11-13H,7-10H2,1-3H3,(H,21,24). The van der Waals surface area contributed by atoms with Crippen molar-refractivity contribution in [1.82, 2.24) is 9.78 Å². The molecule has 0 aliphatic carbocycles.